The van der Waals surface area contributed by atoms with Gasteiger partial charge in [-0.3, -0.25) is 10.1 Å². The Morgan fingerprint density at radius 2 is 2.03 bits per heavy atom. The second-order valence-corrected chi connectivity index (χ2v) is 9.85. The van der Waals surface area contributed by atoms with Crippen molar-refractivity contribution in [3.8, 4) is 6.07 Å². The number of benzene rings is 1. The Balaban J connectivity index is 1.66. The average molecular weight is 447 g/mol. The molecule has 0 unspecified atom stereocenters. The van der Waals surface area contributed by atoms with Crippen LogP contribution in [-0.2, 0) is 20.4 Å². The highest BCUT2D eigenvalue weighted by Crippen LogP contribution is 2.26. The topological polar surface area (TPSA) is 126 Å². The second-order valence-electron chi connectivity index (χ2n) is 5.70. The lowest BCUT2D eigenvalue weighted by molar-refractivity contribution is -0.112. The molecule has 2 aromatic heterocycles. The molecule has 0 aliphatic rings. The molecule has 0 fully saturated rings. The number of hydrogen-bond acceptors (Lipinski definition) is 9. The van der Waals surface area contributed by atoms with Crippen molar-refractivity contribution in [3.63, 3.8) is 0 Å². The van der Waals surface area contributed by atoms with E-state index in [4.69, 9.17) is 4.42 Å². The molecule has 3 aromatic rings. The van der Waals surface area contributed by atoms with Crippen molar-refractivity contribution in [2.45, 2.75) is 15.2 Å². The smallest absolute Gasteiger partial charge is 0.268 e. The number of thioether (sulfide) groups is 1. The number of amides is 1. The van der Waals surface area contributed by atoms with Gasteiger partial charge in [-0.05, 0) is 17.7 Å². The molecule has 8 nitrogen and oxygen atoms in total. The Morgan fingerprint density at radius 3 is 2.69 bits per heavy atom. The van der Waals surface area contributed by atoms with Gasteiger partial charge in [-0.1, -0.05) is 53.4 Å². The Labute approximate surface area is 175 Å². The maximum Gasteiger partial charge on any atom is 0.268 e. The summed E-state index contributed by atoms with van der Waals surface area (Å²) in [6.45, 7) is 0. The fourth-order valence-corrected chi connectivity index (χ4v) is 4.41. The lowest BCUT2D eigenvalue weighted by Crippen LogP contribution is -2.13. The number of furan rings is 1. The largest absolute Gasteiger partial charge is 0.450 e. The van der Waals surface area contributed by atoms with Crippen LogP contribution in [0.5, 0.6) is 0 Å². The fraction of sp³-hybridized carbons (Fsp3) is 0.111. The monoisotopic (exact) mass is 446 g/mol. The van der Waals surface area contributed by atoms with Gasteiger partial charge in [0, 0.05) is 18.1 Å². The molecule has 0 aliphatic heterocycles. The molecule has 0 saturated heterocycles. The number of nitrogens with one attached hydrogen (secondary N) is 1. The Bertz CT molecular complexity index is 1190. The van der Waals surface area contributed by atoms with Crippen molar-refractivity contribution >= 4 is 50.1 Å². The van der Waals surface area contributed by atoms with Gasteiger partial charge in [0.15, 0.2) is 5.09 Å². The van der Waals surface area contributed by atoms with Gasteiger partial charge in [0.25, 0.3) is 5.91 Å². The number of hydrogen-bond donors (Lipinski definition) is 1. The molecule has 1 amide bonds. The molecule has 0 bridgehead atoms. The summed E-state index contributed by atoms with van der Waals surface area (Å²) in [7, 11) is -3.52. The van der Waals surface area contributed by atoms with Gasteiger partial charge in [0.1, 0.15) is 17.4 Å². The van der Waals surface area contributed by atoms with E-state index in [0.717, 1.165) is 17.6 Å². The number of nitriles is 1. The molecule has 0 atom stereocenters. The van der Waals surface area contributed by atoms with Crippen LogP contribution in [0.1, 0.15) is 11.3 Å². The van der Waals surface area contributed by atoms with Crippen LogP contribution >= 0.6 is 23.1 Å². The quantitative estimate of drug-likeness (QED) is 0.253. The number of aromatic nitrogens is 2. The number of carbonyl (C=O) groups excluding carboxylic acids is 1. The van der Waals surface area contributed by atoms with E-state index < -0.39 is 15.7 Å². The summed E-state index contributed by atoms with van der Waals surface area (Å²) < 4.78 is 28.3. The lowest BCUT2D eigenvalue weighted by Gasteiger charge is -1.99. The summed E-state index contributed by atoms with van der Waals surface area (Å²) >= 11 is 2.20. The third-order valence-corrected chi connectivity index (χ3v) is 6.91. The first-order valence-electron chi connectivity index (χ1n) is 8.08. The number of anilines is 1. The molecule has 11 heteroatoms. The van der Waals surface area contributed by atoms with Crippen LogP contribution in [0.25, 0.3) is 6.08 Å². The van der Waals surface area contributed by atoms with E-state index in [0.29, 0.717) is 22.2 Å². The average Bonchev–Trinajstić information content (AvgIpc) is 3.34. The molecule has 0 aliphatic carbocycles. The highest BCUT2D eigenvalue weighted by atomic mass is 32.2. The van der Waals surface area contributed by atoms with Crippen molar-refractivity contribution in [2.24, 2.45) is 0 Å². The first-order chi connectivity index (χ1) is 13.8. The zero-order valence-corrected chi connectivity index (χ0v) is 17.5. The normalized spacial score (nSPS) is 11.8. The summed E-state index contributed by atoms with van der Waals surface area (Å²) in [6.07, 6.45) is 2.30. The van der Waals surface area contributed by atoms with Crippen LogP contribution in [0, 0.1) is 11.3 Å². The van der Waals surface area contributed by atoms with Crippen LogP contribution in [0.15, 0.2) is 61.9 Å². The van der Waals surface area contributed by atoms with Gasteiger partial charge >= 0.3 is 0 Å². The third kappa shape index (κ3) is 5.77. The molecule has 1 N–H and O–H groups in total. The summed E-state index contributed by atoms with van der Waals surface area (Å²) in [5.74, 6) is 0.336. The van der Waals surface area contributed by atoms with E-state index in [1.807, 2.05) is 30.3 Å². The summed E-state index contributed by atoms with van der Waals surface area (Å²) in [5.41, 5.74) is 0.934. The zero-order valence-electron chi connectivity index (χ0n) is 15.0. The van der Waals surface area contributed by atoms with Gasteiger partial charge < -0.3 is 4.42 Å². The summed E-state index contributed by atoms with van der Waals surface area (Å²) in [4.78, 5) is 12.3. The van der Waals surface area contributed by atoms with E-state index in [2.05, 4.69) is 15.5 Å². The minimum atomic E-state index is -3.52. The van der Waals surface area contributed by atoms with Gasteiger partial charge in [0.2, 0.25) is 19.3 Å². The zero-order chi connectivity index (χ0) is 20.9. The minimum absolute atomic E-state index is 0.0184. The molecule has 29 heavy (non-hydrogen) atoms. The van der Waals surface area contributed by atoms with Crippen molar-refractivity contribution in [1.29, 1.82) is 5.26 Å². The molecule has 1 aromatic carbocycles. The maximum absolute atomic E-state index is 12.3. The van der Waals surface area contributed by atoms with Crippen molar-refractivity contribution in [1.82, 2.24) is 10.2 Å². The van der Waals surface area contributed by atoms with Crippen molar-refractivity contribution in [3.05, 3.63) is 59.4 Å². The SMILES string of the molecule is CS(=O)(=O)c1nnc(NC(=O)C(C#N)=Cc2ccc(SCc3ccccc3)o2)s1. The molecule has 2 heterocycles. The molecule has 0 radical (unpaired) electrons. The second kappa shape index (κ2) is 9.04. The summed E-state index contributed by atoms with van der Waals surface area (Å²) in [5, 5.41) is 19.4. The summed E-state index contributed by atoms with van der Waals surface area (Å²) in [6, 6.07) is 15.1. The maximum atomic E-state index is 12.3. The van der Waals surface area contributed by atoms with E-state index in [-0.39, 0.29) is 15.0 Å². The number of carbonyl (C=O) groups is 1. The van der Waals surface area contributed by atoms with Gasteiger partial charge in [-0.15, -0.1) is 10.2 Å². The van der Waals surface area contributed by atoms with Gasteiger partial charge in [0.05, 0.1) is 0 Å². The van der Waals surface area contributed by atoms with Crippen molar-refractivity contribution < 1.29 is 17.6 Å². The van der Waals surface area contributed by atoms with E-state index >= 15 is 0 Å². The molecular weight excluding hydrogens is 432 g/mol. The minimum Gasteiger partial charge on any atom is -0.450 e. The van der Waals surface area contributed by atoms with Crippen LogP contribution in [0.2, 0.25) is 0 Å². The van der Waals surface area contributed by atoms with E-state index in [9.17, 15) is 18.5 Å². The highest BCUT2D eigenvalue weighted by Gasteiger charge is 2.17. The van der Waals surface area contributed by atoms with Crippen molar-refractivity contribution in [2.75, 3.05) is 11.6 Å². The Kier molecular flexibility index (Phi) is 6.48. The first kappa shape index (κ1) is 20.8. The van der Waals surface area contributed by atoms with E-state index in [1.54, 1.807) is 18.2 Å². The van der Waals surface area contributed by atoms with Gasteiger partial charge in [-0.2, -0.15) is 5.26 Å². The highest BCUT2D eigenvalue weighted by molar-refractivity contribution is 7.98. The molecule has 148 valence electrons. The van der Waals surface area contributed by atoms with Crippen LogP contribution < -0.4 is 5.32 Å². The fourth-order valence-electron chi connectivity index (χ4n) is 2.08. The molecule has 0 saturated carbocycles. The van der Waals surface area contributed by atoms with Crippen LogP contribution in [0.4, 0.5) is 5.13 Å². The molecule has 3 rings (SSSR count). The lowest BCUT2D eigenvalue weighted by atomic mass is 10.2. The molecule has 0 spiro atoms. The van der Waals surface area contributed by atoms with E-state index in [1.165, 1.54) is 17.8 Å². The predicted molar refractivity (Wildman–Crippen MR) is 110 cm³/mol. The van der Waals surface area contributed by atoms with Gasteiger partial charge in [-0.25, -0.2) is 8.42 Å². The number of rotatable bonds is 7. The van der Waals surface area contributed by atoms with Crippen LogP contribution in [0.3, 0.4) is 0 Å². The number of sulfone groups is 1. The van der Waals surface area contributed by atoms with Crippen LogP contribution in [-0.4, -0.2) is 30.8 Å². The predicted octanol–water partition coefficient (Wildman–Crippen LogP) is 3.37. The standard InChI is InChI=1S/C18H14N4O4S3/c1-29(24,25)18-22-21-17(28-18)20-16(23)13(10-19)9-14-7-8-15(26-14)27-11-12-5-3-2-4-6-12/h2-9H,11H2,1H3,(H,20,21,23). The first-order valence-corrected chi connectivity index (χ1v) is 11.8. The Hall–Kier alpha value is -2.94. The third-order valence-electron chi connectivity index (χ3n) is 3.42. The molecular formula is C18H14N4O4S3. The number of nitrogens with zero attached hydrogens (tertiary/aromatic N) is 3. The Morgan fingerprint density at radius 1 is 1.28 bits per heavy atom.